The first kappa shape index (κ1) is 11.6. The van der Waals surface area contributed by atoms with Crippen molar-refractivity contribution in [3.8, 4) is 6.07 Å². The van der Waals surface area contributed by atoms with Gasteiger partial charge < -0.3 is 5.11 Å². The quantitative estimate of drug-likeness (QED) is 0.818. The Morgan fingerprint density at radius 1 is 1.65 bits per heavy atom. The van der Waals surface area contributed by atoms with Crippen LogP contribution in [0.3, 0.4) is 0 Å². The molecule has 0 spiro atoms. The Kier molecular flexibility index (Phi) is 3.35. The molecule has 1 aliphatic rings. The highest BCUT2D eigenvalue weighted by atomic mass is 16.4. The second-order valence-corrected chi connectivity index (χ2v) is 4.15. The summed E-state index contributed by atoms with van der Waals surface area (Å²) in [6, 6.07) is 5.96. The molecule has 1 aliphatic carbocycles. The minimum atomic E-state index is -0.834. The van der Waals surface area contributed by atoms with Gasteiger partial charge in [0.05, 0.1) is 6.54 Å². The lowest BCUT2D eigenvalue weighted by Crippen LogP contribution is -2.31. The number of carboxylic acids is 1. The van der Waals surface area contributed by atoms with Crippen molar-refractivity contribution in [1.29, 1.82) is 5.26 Å². The maximum absolute atomic E-state index is 10.8. The van der Waals surface area contributed by atoms with E-state index >= 15 is 0 Å². The van der Waals surface area contributed by atoms with Crippen LogP contribution in [0.4, 0.5) is 0 Å². The summed E-state index contributed by atoms with van der Waals surface area (Å²) in [5.74, 6) is -0.834. The Bertz CT molecular complexity index is 463. The first-order chi connectivity index (χ1) is 8.20. The fourth-order valence-corrected chi connectivity index (χ4v) is 1.81. The normalized spacial score (nSPS) is 14.6. The third-order valence-corrected chi connectivity index (χ3v) is 2.77. The van der Waals surface area contributed by atoms with E-state index in [9.17, 15) is 4.79 Å². The molecule has 0 amide bonds. The van der Waals surface area contributed by atoms with Crippen LogP contribution in [-0.2, 0) is 11.3 Å². The van der Waals surface area contributed by atoms with Crippen molar-refractivity contribution < 1.29 is 9.90 Å². The van der Waals surface area contributed by atoms with Gasteiger partial charge in [0.2, 0.25) is 0 Å². The van der Waals surface area contributed by atoms with Crippen LogP contribution in [0.1, 0.15) is 24.1 Å². The smallest absolute Gasteiger partial charge is 0.317 e. The van der Waals surface area contributed by atoms with Crippen LogP contribution in [0.2, 0.25) is 0 Å². The number of hydrogen-bond donors (Lipinski definition) is 1. The maximum Gasteiger partial charge on any atom is 0.317 e. The van der Waals surface area contributed by atoms with E-state index in [1.165, 1.54) is 0 Å². The number of nitriles is 1. The zero-order valence-corrected chi connectivity index (χ0v) is 9.33. The van der Waals surface area contributed by atoms with Gasteiger partial charge in [0.15, 0.2) is 0 Å². The lowest BCUT2D eigenvalue weighted by Gasteiger charge is -2.19. The van der Waals surface area contributed by atoms with E-state index in [2.05, 4.69) is 4.98 Å². The number of carbonyl (C=O) groups is 1. The van der Waals surface area contributed by atoms with Gasteiger partial charge in [-0.3, -0.25) is 9.69 Å². The minimum absolute atomic E-state index is 0.0183. The van der Waals surface area contributed by atoms with E-state index in [1.54, 1.807) is 12.3 Å². The number of nitrogens with zero attached hydrogens (tertiary/aromatic N) is 3. The molecular formula is C12H13N3O2. The second kappa shape index (κ2) is 4.93. The summed E-state index contributed by atoms with van der Waals surface area (Å²) in [6.45, 7) is 0.498. The molecule has 1 heterocycles. The number of aliphatic carboxylic acids is 1. The first-order valence-electron chi connectivity index (χ1n) is 5.50. The summed E-state index contributed by atoms with van der Waals surface area (Å²) in [7, 11) is 0. The summed E-state index contributed by atoms with van der Waals surface area (Å²) in [4.78, 5) is 16.6. The predicted molar refractivity (Wildman–Crippen MR) is 60.0 cm³/mol. The van der Waals surface area contributed by atoms with E-state index in [0.717, 1.165) is 18.4 Å². The van der Waals surface area contributed by atoms with Crippen LogP contribution in [0.15, 0.2) is 18.3 Å². The van der Waals surface area contributed by atoms with Crippen molar-refractivity contribution in [3.05, 3.63) is 29.6 Å². The average molecular weight is 231 g/mol. The molecule has 0 aliphatic heterocycles. The Morgan fingerprint density at radius 2 is 2.41 bits per heavy atom. The molecule has 88 valence electrons. The fourth-order valence-electron chi connectivity index (χ4n) is 1.81. The van der Waals surface area contributed by atoms with Crippen molar-refractivity contribution in [3.63, 3.8) is 0 Å². The fraction of sp³-hybridized carbons (Fsp3) is 0.417. The van der Waals surface area contributed by atoms with Crippen molar-refractivity contribution in [2.75, 3.05) is 6.54 Å². The highest BCUT2D eigenvalue weighted by Gasteiger charge is 2.30. The summed E-state index contributed by atoms with van der Waals surface area (Å²) in [6.07, 6.45) is 3.64. The van der Waals surface area contributed by atoms with Gasteiger partial charge in [-0.25, -0.2) is 4.98 Å². The SMILES string of the molecule is N#Cc1ncccc1CN(CC(=O)O)C1CC1. The van der Waals surface area contributed by atoms with Crippen LogP contribution in [0, 0.1) is 11.3 Å². The molecule has 0 saturated heterocycles. The molecule has 1 aromatic rings. The summed E-state index contributed by atoms with van der Waals surface area (Å²) in [5.41, 5.74) is 1.17. The average Bonchev–Trinajstić information content (AvgIpc) is 3.12. The van der Waals surface area contributed by atoms with E-state index in [4.69, 9.17) is 10.4 Å². The Labute approximate surface area is 99.3 Å². The zero-order chi connectivity index (χ0) is 12.3. The summed E-state index contributed by atoms with van der Waals surface area (Å²) < 4.78 is 0. The number of hydrogen-bond acceptors (Lipinski definition) is 4. The number of rotatable bonds is 5. The van der Waals surface area contributed by atoms with Gasteiger partial charge in [-0.2, -0.15) is 5.26 Å². The highest BCUT2D eigenvalue weighted by Crippen LogP contribution is 2.28. The first-order valence-corrected chi connectivity index (χ1v) is 5.50. The molecule has 1 aromatic heterocycles. The van der Waals surface area contributed by atoms with E-state index < -0.39 is 5.97 Å². The van der Waals surface area contributed by atoms with E-state index in [1.807, 2.05) is 17.0 Å². The van der Waals surface area contributed by atoms with E-state index in [0.29, 0.717) is 18.3 Å². The zero-order valence-electron chi connectivity index (χ0n) is 9.33. The summed E-state index contributed by atoms with van der Waals surface area (Å²) in [5, 5.41) is 17.8. The Morgan fingerprint density at radius 3 is 3.00 bits per heavy atom. The molecule has 0 radical (unpaired) electrons. The summed E-state index contributed by atoms with van der Waals surface area (Å²) >= 11 is 0. The van der Waals surface area contributed by atoms with Gasteiger partial charge in [0.25, 0.3) is 0 Å². The number of carboxylic acid groups (broad SMARTS) is 1. The van der Waals surface area contributed by atoms with Crippen LogP contribution in [0.5, 0.6) is 0 Å². The molecular weight excluding hydrogens is 218 g/mol. The van der Waals surface area contributed by atoms with Crippen molar-refractivity contribution in [2.45, 2.75) is 25.4 Å². The molecule has 0 aromatic carbocycles. The number of aromatic nitrogens is 1. The van der Waals surface area contributed by atoms with Crippen molar-refractivity contribution in [2.24, 2.45) is 0 Å². The van der Waals surface area contributed by atoms with E-state index in [-0.39, 0.29) is 6.54 Å². The van der Waals surface area contributed by atoms with Gasteiger partial charge in [-0.1, -0.05) is 6.07 Å². The minimum Gasteiger partial charge on any atom is -0.480 e. The second-order valence-electron chi connectivity index (χ2n) is 4.15. The molecule has 0 bridgehead atoms. The highest BCUT2D eigenvalue weighted by molar-refractivity contribution is 5.69. The standard InChI is InChI=1S/C12H13N3O2/c13-6-11-9(2-1-5-14-11)7-15(8-12(16)17)10-3-4-10/h1-2,5,10H,3-4,7-8H2,(H,16,17). The van der Waals surface area contributed by atoms with Crippen molar-refractivity contribution >= 4 is 5.97 Å². The molecule has 1 N–H and O–H groups in total. The lowest BCUT2D eigenvalue weighted by molar-refractivity contribution is -0.138. The Balaban J connectivity index is 2.11. The van der Waals surface area contributed by atoms with Gasteiger partial charge in [0, 0.05) is 24.3 Å². The van der Waals surface area contributed by atoms with Crippen LogP contribution in [-0.4, -0.2) is 33.5 Å². The van der Waals surface area contributed by atoms with Crippen LogP contribution < -0.4 is 0 Å². The molecule has 0 unspecified atom stereocenters. The lowest BCUT2D eigenvalue weighted by atomic mass is 10.2. The topological polar surface area (TPSA) is 77.2 Å². The Hall–Kier alpha value is -1.93. The largest absolute Gasteiger partial charge is 0.480 e. The molecule has 2 rings (SSSR count). The van der Waals surface area contributed by atoms with Crippen LogP contribution >= 0.6 is 0 Å². The maximum atomic E-state index is 10.8. The third kappa shape index (κ3) is 3.02. The third-order valence-electron chi connectivity index (χ3n) is 2.77. The molecule has 1 saturated carbocycles. The molecule has 0 atom stereocenters. The monoisotopic (exact) mass is 231 g/mol. The van der Waals surface area contributed by atoms with Gasteiger partial charge in [-0.05, 0) is 18.9 Å². The molecule has 5 heteroatoms. The van der Waals surface area contributed by atoms with Gasteiger partial charge in [0.1, 0.15) is 11.8 Å². The van der Waals surface area contributed by atoms with Crippen molar-refractivity contribution in [1.82, 2.24) is 9.88 Å². The van der Waals surface area contributed by atoms with Gasteiger partial charge >= 0.3 is 5.97 Å². The number of pyridine rings is 1. The van der Waals surface area contributed by atoms with Gasteiger partial charge in [-0.15, -0.1) is 0 Å². The molecule has 17 heavy (non-hydrogen) atoms. The van der Waals surface area contributed by atoms with Crippen LogP contribution in [0.25, 0.3) is 0 Å². The molecule has 5 nitrogen and oxygen atoms in total. The molecule has 1 fully saturated rings. The predicted octanol–water partition coefficient (Wildman–Crippen LogP) is 1.00.